The van der Waals surface area contributed by atoms with Crippen LogP contribution >= 0.6 is 0 Å². The monoisotopic (exact) mass is 264 g/mol. The van der Waals surface area contributed by atoms with Gasteiger partial charge >= 0.3 is 0 Å². The zero-order valence-electron chi connectivity index (χ0n) is 10.6. The van der Waals surface area contributed by atoms with Crippen LogP contribution in [-0.2, 0) is 10.2 Å². The molecule has 0 aromatic rings. The van der Waals surface area contributed by atoms with Crippen molar-refractivity contribution in [3.8, 4) is 0 Å². The molecule has 0 spiro atoms. The summed E-state index contributed by atoms with van der Waals surface area (Å²) >= 11 is 0. The average molecular weight is 264 g/mol. The van der Waals surface area contributed by atoms with Crippen LogP contribution in [0.25, 0.3) is 0 Å². The fourth-order valence-corrected chi connectivity index (χ4v) is 3.64. The molecule has 1 unspecified atom stereocenters. The molecule has 0 amide bonds. The minimum Gasteiger partial charge on any atom is -0.396 e. The molecule has 0 bridgehead atoms. The molecule has 1 saturated heterocycles. The van der Waals surface area contributed by atoms with Gasteiger partial charge in [0.1, 0.15) is 0 Å². The van der Waals surface area contributed by atoms with Gasteiger partial charge in [-0.2, -0.15) is 12.7 Å². The number of nitrogens with zero attached hydrogens (tertiary/aromatic N) is 1. The highest BCUT2D eigenvalue weighted by Crippen LogP contribution is 2.18. The normalized spacial score (nSPS) is 22.8. The molecule has 17 heavy (non-hydrogen) atoms. The molecule has 5 nitrogen and oxygen atoms in total. The van der Waals surface area contributed by atoms with Gasteiger partial charge in [0, 0.05) is 25.7 Å². The lowest BCUT2D eigenvalue weighted by atomic mass is 10.1. The maximum atomic E-state index is 12.0. The predicted octanol–water partition coefficient (Wildman–Crippen LogP) is 0.858. The Balaban J connectivity index is 2.34. The van der Waals surface area contributed by atoms with Crippen LogP contribution in [0.3, 0.4) is 0 Å². The first-order valence-electron chi connectivity index (χ1n) is 6.45. The van der Waals surface area contributed by atoms with E-state index in [9.17, 15) is 8.42 Å². The predicted molar refractivity (Wildman–Crippen MR) is 67.9 cm³/mol. The third-order valence-corrected chi connectivity index (χ3v) is 4.90. The van der Waals surface area contributed by atoms with Crippen molar-refractivity contribution in [1.82, 2.24) is 9.03 Å². The number of hydrogen-bond acceptors (Lipinski definition) is 3. The van der Waals surface area contributed by atoms with Crippen LogP contribution in [0.15, 0.2) is 0 Å². The van der Waals surface area contributed by atoms with Gasteiger partial charge < -0.3 is 5.11 Å². The molecular formula is C11H24N2O3S. The zero-order chi connectivity index (χ0) is 12.7. The Bertz CT molecular complexity index is 306. The maximum Gasteiger partial charge on any atom is 0.279 e. The van der Waals surface area contributed by atoms with Crippen LogP contribution in [0.1, 0.15) is 45.4 Å². The van der Waals surface area contributed by atoms with E-state index in [0.717, 1.165) is 38.5 Å². The van der Waals surface area contributed by atoms with E-state index in [1.165, 1.54) is 0 Å². The van der Waals surface area contributed by atoms with Crippen LogP contribution < -0.4 is 4.72 Å². The zero-order valence-corrected chi connectivity index (χ0v) is 11.4. The van der Waals surface area contributed by atoms with Crippen molar-refractivity contribution in [1.29, 1.82) is 0 Å². The number of unbranched alkanes of at least 4 members (excludes halogenated alkanes) is 2. The molecule has 1 rings (SSSR count). The third-order valence-electron chi connectivity index (χ3n) is 3.17. The lowest BCUT2D eigenvalue weighted by molar-refractivity contribution is 0.265. The molecule has 0 aromatic heterocycles. The summed E-state index contributed by atoms with van der Waals surface area (Å²) in [6.45, 7) is 3.23. The summed E-state index contributed by atoms with van der Waals surface area (Å²) in [5.41, 5.74) is 0. The highest BCUT2D eigenvalue weighted by atomic mass is 32.2. The smallest absolute Gasteiger partial charge is 0.279 e. The van der Waals surface area contributed by atoms with E-state index in [2.05, 4.69) is 4.72 Å². The van der Waals surface area contributed by atoms with Crippen LogP contribution in [0.5, 0.6) is 0 Å². The van der Waals surface area contributed by atoms with Crippen molar-refractivity contribution < 1.29 is 13.5 Å². The quantitative estimate of drug-likeness (QED) is 0.670. The van der Waals surface area contributed by atoms with E-state index < -0.39 is 10.2 Å². The van der Waals surface area contributed by atoms with E-state index in [0.29, 0.717) is 13.1 Å². The van der Waals surface area contributed by atoms with Crippen molar-refractivity contribution in [2.75, 3.05) is 19.7 Å². The van der Waals surface area contributed by atoms with Gasteiger partial charge in [0.25, 0.3) is 10.2 Å². The fraction of sp³-hybridized carbons (Fsp3) is 1.00. The summed E-state index contributed by atoms with van der Waals surface area (Å²) in [7, 11) is -3.30. The van der Waals surface area contributed by atoms with Crippen LogP contribution in [-0.4, -0.2) is 43.6 Å². The van der Waals surface area contributed by atoms with Gasteiger partial charge in [-0.05, 0) is 39.0 Å². The average Bonchev–Trinajstić information content (AvgIpc) is 2.29. The highest BCUT2D eigenvalue weighted by Gasteiger charge is 2.28. The molecule has 102 valence electrons. The number of nitrogens with one attached hydrogen (secondary N) is 1. The van der Waals surface area contributed by atoms with Crippen LogP contribution in [0.2, 0.25) is 0 Å². The van der Waals surface area contributed by atoms with E-state index in [4.69, 9.17) is 5.11 Å². The Labute approximate surface area is 104 Å². The molecule has 2 N–H and O–H groups in total. The number of rotatable bonds is 7. The molecule has 0 radical (unpaired) electrons. The molecule has 0 saturated carbocycles. The van der Waals surface area contributed by atoms with Gasteiger partial charge in [0.05, 0.1) is 0 Å². The molecule has 1 heterocycles. The Morgan fingerprint density at radius 1 is 1.29 bits per heavy atom. The summed E-state index contributed by atoms with van der Waals surface area (Å²) in [6, 6.07) is 0.110. The van der Waals surface area contributed by atoms with Gasteiger partial charge in [-0.3, -0.25) is 0 Å². The van der Waals surface area contributed by atoms with E-state index in [1.54, 1.807) is 4.31 Å². The summed E-state index contributed by atoms with van der Waals surface area (Å²) in [5.74, 6) is 0. The van der Waals surface area contributed by atoms with E-state index in [-0.39, 0.29) is 12.6 Å². The van der Waals surface area contributed by atoms with Gasteiger partial charge in [-0.25, -0.2) is 4.72 Å². The lowest BCUT2D eigenvalue weighted by Crippen LogP contribution is -2.48. The SMILES string of the molecule is CC1CCCCN1S(=O)(=O)NCCCCCO. The first kappa shape index (κ1) is 14.9. The largest absolute Gasteiger partial charge is 0.396 e. The topological polar surface area (TPSA) is 69.6 Å². The van der Waals surface area contributed by atoms with Crippen molar-refractivity contribution in [2.24, 2.45) is 0 Å². The van der Waals surface area contributed by atoms with Crippen molar-refractivity contribution in [3.05, 3.63) is 0 Å². The van der Waals surface area contributed by atoms with E-state index >= 15 is 0 Å². The molecule has 1 fully saturated rings. The summed E-state index contributed by atoms with van der Waals surface area (Å²) in [6.07, 6.45) is 5.39. The summed E-state index contributed by atoms with van der Waals surface area (Å²) < 4.78 is 28.2. The molecular weight excluding hydrogens is 240 g/mol. The van der Waals surface area contributed by atoms with Crippen LogP contribution in [0, 0.1) is 0 Å². The number of aliphatic hydroxyl groups excluding tert-OH is 1. The standard InChI is InChI=1S/C11H24N2O3S/c1-11-7-3-5-9-13(11)17(15,16)12-8-4-2-6-10-14/h11-12,14H,2-10H2,1H3. The fourth-order valence-electron chi connectivity index (χ4n) is 2.13. The first-order valence-corrected chi connectivity index (χ1v) is 7.89. The molecule has 1 aliphatic rings. The summed E-state index contributed by atoms with van der Waals surface area (Å²) in [4.78, 5) is 0. The molecule has 1 atom stereocenters. The van der Waals surface area contributed by atoms with E-state index in [1.807, 2.05) is 6.92 Å². The second-order valence-electron chi connectivity index (χ2n) is 4.64. The minimum absolute atomic E-state index is 0.110. The van der Waals surface area contributed by atoms with Gasteiger partial charge in [-0.1, -0.05) is 6.42 Å². The lowest BCUT2D eigenvalue weighted by Gasteiger charge is -2.32. The van der Waals surface area contributed by atoms with Crippen LogP contribution in [0.4, 0.5) is 0 Å². The molecule has 0 aliphatic carbocycles. The summed E-state index contributed by atoms with van der Waals surface area (Å²) in [5, 5.41) is 8.62. The van der Waals surface area contributed by atoms with Crippen molar-refractivity contribution >= 4 is 10.2 Å². The molecule has 1 aliphatic heterocycles. The van der Waals surface area contributed by atoms with Gasteiger partial charge in [0.2, 0.25) is 0 Å². The Hall–Kier alpha value is -0.170. The van der Waals surface area contributed by atoms with Gasteiger partial charge in [0.15, 0.2) is 0 Å². The highest BCUT2D eigenvalue weighted by molar-refractivity contribution is 7.87. The number of piperidine rings is 1. The number of aliphatic hydroxyl groups is 1. The Morgan fingerprint density at radius 3 is 2.71 bits per heavy atom. The molecule has 6 heteroatoms. The second-order valence-corrected chi connectivity index (χ2v) is 6.35. The third kappa shape index (κ3) is 4.91. The van der Waals surface area contributed by atoms with Gasteiger partial charge in [-0.15, -0.1) is 0 Å². The first-order chi connectivity index (χ1) is 8.08. The van der Waals surface area contributed by atoms with Crippen molar-refractivity contribution in [3.63, 3.8) is 0 Å². The Kier molecular flexibility index (Phi) is 6.40. The second kappa shape index (κ2) is 7.31. The number of hydrogen-bond donors (Lipinski definition) is 2. The maximum absolute atomic E-state index is 12.0. The van der Waals surface area contributed by atoms with Crippen molar-refractivity contribution in [2.45, 2.75) is 51.5 Å². The molecule has 0 aromatic carbocycles. The Morgan fingerprint density at radius 2 is 2.06 bits per heavy atom. The minimum atomic E-state index is -3.30.